The third-order valence-corrected chi connectivity index (χ3v) is 5.04. The Morgan fingerprint density at radius 2 is 2.17 bits per heavy atom. The normalized spacial score (nSPS) is 25.5. The summed E-state index contributed by atoms with van der Waals surface area (Å²) in [7, 11) is 0. The van der Waals surface area contributed by atoms with Crippen LogP contribution in [0.3, 0.4) is 0 Å². The first kappa shape index (κ1) is 16.4. The molecule has 23 heavy (non-hydrogen) atoms. The first-order chi connectivity index (χ1) is 11.1. The summed E-state index contributed by atoms with van der Waals surface area (Å²) in [6.45, 7) is 2.19. The van der Waals surface area contributed by atoms with Gasteiger partial charge in [0.05, 0.1) is 0 Å². The van der Waals surface area contributed by atoms with Crippen molar-refractivity contribution in [2.45, 2.75) is 44.2 Å². The number of benzene rings is 1. The van der Waals surface area contributed by atoms with Crippen molar-refractivity contribution in [2.24, 2.45) is 5.92 Å². The lowest BCUT2D eigenvalue weighted by Crippen LogP contribution is -2.58. The van der Waals surface area contributed by atoms with Crippen molar-refractivity contribution in [3.8, 4) is 0 Å². The molecule has 0 radical (unpaired) electrons. The second-order valence-electron chi connectivity index (χ2n) is 6.92. The molecule has 2 fully saturated rings. The number of hydrogen-bond donors (Lipinski definition) is 2. The molecule has 0 aromatic heterocycles. The van der Waals surface area contributed by atoms with E-state index in [1.807, 2.05) is 11.0 Å². The maximum atomic E-state index is 13.2. The number of nitrogens with zero attached hydrogens (tertiary/aromatic N) is 1. The molecule has 0 bridgehead atoms. The topological polar surface area (TPSA) is 52.6 Å². The van der Waals surface area contributed by atoms with E-state index in [0.29, 0.717) is 18.9 Å². The quantitative estimate of drug-likeness (QED) is 0.844. The van der Waals surface area contributed by atoms with Crippen molar-refractivity contribution in [2.75, 3.05) is 19.6 Å². The van der Waals surface area contributed by atoms with E-state index >= 15 is 0 Å². The zero-order valence-electron chi connectivity index (χ0n) is 13.4. The second kappa shape index (κ2) is 6.97. The maximum Gasteiger partial charge on any atom is 0.255 e. The lowest BCUT2D eigenvalue weighted by atomic mass is 9.83. The molecule has 0 spiro atoms. The molecule has 126 valence electrons. The van der Waals surface area contributed by atoms with Crippen molar-refractivity contribution in [3.63, 3.8) is 0 Å². The van der Waals surface area contributed by atoms with Crippen molar-refractivity contribution in [1.82, 2.24) is 10.2 Å². The van der Waals surface area contributed by atoms with Gasteiger partial charge in [-0.05, 0) is 49.3 Å². The summed E-state index contributed by atoms with van der Waals surface area (Å²) in [5.41, 5.74) is -0.516. The zero-order chi connectivity index (χ0) is 16.3. The summed E-state index contributed by atoms with van der Waals surface area (Å²) in [6.07, 6.45) is 4.96. The van der Waals surface area contributed by atoms with Crippen LogP contribution in [0.2, 0.25) is 0 Å². The van der Waals surface area contributed by atoms with Crippen molar-refractivity contribution >= 4 is 5.91 Å². The van der Waals surface area contributed by atoms with Crippen LogP contribution < -0.4 is 5.32 Å². The van der Waals surface area contributed by atoms with E-state index in [1.54, 1.807) is 6.07 Å². The van der Waals surface area contributed by atoms with E-state index in [0.717, 1.165) is 25.1 Å². The summed E-state index contributed by atoms with van der Waals surface area (Å²) < 4.78 is 13.2. The molecular weight excluding hydrogens is 295 g/mol. The van der Waals surface area contributed by atoms with E-state index < -0.39 is 5.60 Å². The lowest BCUT2D eigenvalue weighted by Gasteiger charge is -2.41. The molecule has 1 aliphatic heterocycles. The Morgan fingerprint density at radius 3 is 2.87 bits per heavy atom. The number of carbonyl (C=O) groups excluding carboxylic acids is 1. The van der Waals surface area contributed by atoms with Gasteiger partial charge in [-0.1, -0.05) is 18.6 Å². The number of piperidine rings is 1. The van der Waals surface area contributed by atoms with Gasteiger partial charge >= 0.3 is 0 Å². The Kier molecular flexibility index (Phi) is 4.97. The second-order valence-corrected chi connectivity index (χ2v) is 6.92. The van der Waals surface area contributed by atoms with Crippen LogP contribution in [0.5, 0.6) is 0 Å². The molecule has 1 saturated heterocycles. The van der Waals surface area contributed by atoms with Gasteiger partial charge in [0.1, 0.15) is 5.82 Å². The fourth-order valence-corrected chi connectivity index (χ4v) is 3.45. The molecular formula is C18H25FN2O2. The minimum atomic E-state index is -1.32. The van der Waals surface area contributed by atoms with Crippen LogP contribution in [-0.2, 0) is 11.3 Å². The third-order valence-electron chi connectivity index (χ3n) is 5.04. The minimum Gasteiger partial charge on any atom is -0.379 e. The van der Waals surface area contributed by atoms with Crippen LogP contribution >= 0.6 is 0 Å². The van der Waals surface area contributed by atoms with E-state index in [2.05, 4.69) is 5.32 Å². The first-order valence-electron chi connectivity index (χ1n) is 8.54. The standard InChI is InChI=1S/C18H25FN2O2/c19-16-7-2-6-15(10-16)11-20-13-18(23)8-3-9-21(17(18)22)12-14-4-1-5-14/h2,6-7,10,14,20,23H,1,3-5,8-9,11-13H2. The monoisotopic (exact) mass is 320 g/mol. The van der Waals surface area contributed by atoms with Crippen LogP contribution in [0.25, 0.3) is 0 Å². The molecule has 4 nitrogen and oxygen atoms in total. The average molecular weight is 320 g/mol. The summed E-state index contributed by atoms with van der Waals surface area (Å²) in [6, 6.07) is 6.35. The van der Waals surface area contributed by atoms with Gasteiger partial charge in [-0.15, -0.1) is 0 Å². The van der Waals surface area contributed by atoms with E-state index in [9.17, 15) is 14.3 Å². The number of carbonyl (C=O) groups is 1. The minimum absolute atomic E-state index is 0.151. The Morgan fingerprint density at radius 1 is 1.35 bits per heavy atom. The molecule has 1 heterocycles. The summed E-state index contributed by atoms with van der Waals surface area (Å²) >= 11 is 0. The van der Waals surface area contributed by atoms with E-state index in [4.69, 9.17) is 0 Å². The smallest absolute Gasteiger partial charge is 0.255 e. The number of halogens is 1. The molecule has 1 amide bonds. The molecule has 1 aromatic carbocycles. The van der Waals surface area contributed by atoms with Crippen LogP contribution in [0.15, 0.2) is 24.3 Å². The number of amides is 1. The largest absolute Gasteiger partial charge is 0.379 e. The van der Waals surface area contributed by atoms with Crippen molar-refractivity contribution < 1.29 is 14.3 Å². The van der Waals surface area contributed by atoms with Gasteiger partial charge in [0, 0.05) is 26.2 Å². The Labute approximate surface area is 136 Å². The third kappa shape index (κ3) is 3.90. The highest BCUT2D eigenvalue weighted by Gasteiger charge is 2.42. The number of likely N-dealkylation sites (tertiary alicyclic amines) is 1. The highest BCUT2D eigenvalue weighted by atomic mass is 19.1. The molecule has 5 heteroatoms. The molecule has 1 atom stereocenters. The summed E-state index contributed by atoms with van der Waals surface area (Å²) in [5, 5.41) is 13.8. The predicted octanol–water partition coefficient (Wildman–Crippen LogP) is 2.07. The van der Waals surface area contributed by atoms with E-state index in [1.165, 1.54) is 31.4 Å². The fourth-order valence-electron chi connectivity index (χ4n) is 3.45. The van der Waals surface area contributed by atoms with Gasteiger partial charge in [-0.25, -0.2) is 4.39 Å². The fraction of sp³-hybridized carbons (Fsp3) is 0.611. The van der Waals surface area contributed by atoms with Crippen LogP contribution in [0.1, 0.15) is 37.7 Å². The first-order valence-corrected chi connectivity index (χ1v) is 8.54. The number of aliphatic hydroxyl groups is 1. The maximum absolute atomic E-state index is 13.2. The molecule has 1 saturated carbocycles. The van der Waals surface area contributed by atoms with Gasteiger partial charge < -0.3 is 15.3 Å². The van der Waals surface area contributed by atoms with Gasteiger partial charge in [0.2, 0.25) is 0 Å². The molecule has 2 N–H and O–H groups in total. The molecule has 1 aromatic rings. The van der Waals surface area contributed by atoms with Crippen LogP contribution in [-0.4, -0.2) is 41.1 Å². The van der Waals surface area contributed by atoms with Crippen molar-refractivity contribution in [1.29, 1.82) is 0 Å². The highest BCUT2D eigenvalue weighted by molar-refractivity contribution is 5.86. The Balaban J connectivity index is 1.53. The molecule has 3 rings (SSSR count). The summed E-state index contributed by atoms with van der Waals surface area (Å²) in [5.74, 6) is 0.187. The van der Waals surface area contributed by atoms with Gasteiger partial charge in [0.25, 0.3) is 5.91 Å². The Bertz CT molecular complexity index is 562. The lowest BCUT2D eigenvalue weighted by molar-refractivity contribution is -0.157. The Hall–Kier alpha value is -1.46. The molecule has 1 aliphatic carbocycles. The van der Waals surface area contributed by atoms with E-state index in [-0.39, 0.29) is 18.3 Å². The van der Waals surface area contributed by atoms with Crippen LogP contribution in [0, 0.1) is 11.7 Å². The molecule has 1 unspecified atom stereocenters. The summed E-state index contributed by atoms with van der Waals surface area (Å²) in [4.78, 5) is 14.4. The highest BCUT2D eigenvalue weighted by Crippen LogP contribution is 2.30. The SMILES string of the molecule is O=C1N(CC2CCC2)CCCC1(O)CNCc1cccc(F)c1. The van der Waals surface area contributed by atoms with Gasteiger partial charge in [-0.3, -0.25) is 4.79 Å². The number of nitrogens with one attached hydrogen (secondary N) is 1. The average Bonchev–Trinajstić information content (AvgIpc) is 2.47. The number of hydrogen-bond acceptors (Lipinski definition) is 3. The van der Waals surface area contributed by atoms with Gasteiger partial charge in [-0.2, -0.15) is 0 Å². The predicted molar refractivity (Wildman–Crippen MR) is 86.2 cm³/mol. The van der Waals surface area contributed by atoms with Crippen molar-refractivity contribution in [3.05, 3.63) is 35.6 Å². The molecule has 2 aliphatic rings. The van der Waals surface area contributed by atoms with Gasteiger partial charge in [0.15, 0.2) is 5.60 Å². The van der Waals surface area contributed by atoms with Crippen LogP contribution in [0.4, 0.5) is 4.39 Å². The number of rotatable bonds is 6. The zero-order valence-corrected chi connectivity index (χ0v) is 13.4.